The lowest BCUT2D eigenvalue weighted by Gasteiger charge is -2.27. The minimum absolute atomic E-state index is 0.0925. The summed E-state index contributed by atoms with van der Waals surface area (Å²) in [5.74, 6) is 0.945. The fourth-order valence-electron chi connectivity index (χ4n) is 3.41. The number of pyridine rings is 1. The first-order valence-corrected chi connectivity index (χ1v) is 11.5. The van der Waals surface area contributed by atoms with E-state index < -0.39 is 0 Å². The first-order valence-electron chi connectivity index (χ1n) is 9.63. The molecule has 3 heterocycles. The molecule has 3 aromatic rings. The van der Waals surface area contributed by atoms with E-state index in [1.807, 2.05) is 54.5 Å². The van der Waals surface area contributed by atoms with Crippen LogP contribution in [0.2, 0.25) is 0 Å². The second-order valence-corrected chi connectivity index (χ2v) is 9.20. The highest BCUT2D eigenvalue weighted by Crippen LogP contribution is 2.26. The molecule has 4 nitrogen and oxygen atoms in total. The summed E-state index contributed by atoms with van der Waals surface area (Å²) in [5, 5.41) is 3.20. The van der Waals surface area contributed by atoms with Gasteiger partial charge in [0.1, 0.15) is 0 Å². The molecule has 1 amide bonds. The summed E-state index contributed by atoms with van der Waals surface area (Å²) in [7, 11) is 0. The number of amides is 1. The Balaban J connectivity index is 1.37. The molecule has 0 radical (unpaired) electrons. The van der Waals surface area contributed by atoms with Gasteiger partial charge in [0.05, 0.1) is 10.7 Å². The van der Waals surface area contributed by atoms with Gasteiger partial charge in [-0.05, 0) is 67.3 Å². The summed E-state index contributed by atoms with van der Waals surface area (Å²) < 4.78 is 0. The third-order valence-electron chi connectivity index (χ3n) is 5.04. The molecule has 2 aromatic heterocycles. The average molecular weight is 422 g/mol. The van der Waals surface area contributed by atoms with Crippen molar-refractivity contribution in [2.45, 2.75) is 30.9 Å². The Bertz CT molecular complexity index is 1040. The largest absolute Gasteiger partial charge is 0.335 e. The Kier molecular flexibility index (Phi) is 6.11. The van der Waals surface area contributed by atoms with Gasteiger partial charge in [-0.3, -0.25) is 9.78 Å². The molecular weight excluding hydrogens is 398 g/mol. The smallest absolute Gasteiger partial charge is 0.254 e. The van der Waals surface area contributed by atoms with E-state index in [-0.39, 0.29) is 5.91 Å². The Morgan fingerprint density at radius 3 is 2.69 bits per heavy atom. The van der Waals surface area contributed by atoms with Crippen molar-refractivity contribution >= 4 is 34.6 Å². The summed E-state index contributed by atoms with van der Waals surface area (Å²) in [4.78, 5) is 24.7. The van der Waals surface area contributed by atoms with Gasteiger partial charge in [0.25, 0.3) is 5.91 Å². The van der Waals surface area contributed by atoms with Gasteiger partial charge >= 0.3 is 0 Å². The van der Waals surface area contributed by atoms with Crippen LogP contribution in [0.4, 0.5) is 0 Å². The first kappa shape index (κ1) is 19.9. The van der Waals surface area contributed by atoms with Crippen LogP contribution < -0.4 is 0 Å². The van der Waals surface area contributed by atoms with Crippen molar-refractivity contribution < 1.29 is 4.79 Å². The lowest BCUT2D eigenvalue weighted by molar-refractivity contribution is 0.0773. The van der Waals surface area contributed by atoms with Crippen LogP contribution in [0.3, 0.4) is 0 Å². The normalized spacial score (nSPS) is 14.0. The number of hydrogen-bond donors (Lipinski definition) is 0. The lowest BCUT2D eigenvalue weighted by Crippen LogP contribution is -2.34. The van der Waals surface area contributed by atoms with E-state index in [1.54, 1.807) is 23.1 Å². The maximum absolute atomic E-state index is 12.9. The van der Waals surface area contributed by atoms with Gasteiger partial charge in [-0.25, -0.2) is 4.98 Å². The van der Waals surface area contributed by atoms with E-state index in [9.17, 15) is 4.79 Å². The van der Waals surface area contributed by atoms with Gasteiger partial charge in [-0.1, -0.05) is 6.08 Å². The first-order chi connectivity index (χ1) is 14.1. The molecule has 1 aromatic carbocycles. The predicted octanol–water partition coefficient (Wildman–Crippen LogP) is 5.38. The number of hydrogen-bond acceptors (Lipinski definition) is 5. The average Bonchev–Trinajstić information content (AvgIpc) is 3.18. The number of benzene rings is 1. The number of thioether (sulfide) groups is 1. The molecular formula is C23H23N3OS2. The second kappa shape index (κ2) is 8.93. The van der Waals surface area contributed by atoms with E-state index in [1.165, 1.54) is 16.7 Å². The third kappa shape index (κ3) is 4.77. The highest BCUT2D eigenvalue weighted by atomic mass is 32.2. The number of rotatable bonds is 5. The van der Waals surface area contributed by atoms with Gasteiger partial charge < -0.3 is 4.90 Å². The summed E-state index contributed by atoms with van der Waals surface area (Å²) in [6.07, 6.45) is 6.75. The zero-order valence-corrected chi connectivity index (χ0v) is 18.2. The van der Waals surface area contributed by atoms with E-state index in [2.05, 4.69) is 28.3 Å². The maximum atomic E-state index is 12.9. The van der Waals surface area contributed by atoms with Crippen molar-refractivity contribution in [3.05, 3.63) is 81.6 Å². The quantitative estimate of drug-likeness (QED) is 0.519. The van der Waals surface area contributed by atoms with Gasteiger partial charge in [0, 0.05) is 47.1 Å². The molecule has 0 bridgehead atoms. The van der Waals surface area contributed by atoms with Crippen LogP contribution >= 0.6 is 23.1 Å². The van der Waals surface area contributed by atoms with E-state index in [4.69, 9.17) is 0 Å². The zero-order chi connectivity index (χ0) is 20.2. The summed E-state index contributed by atoms with van der Waals surface area (Å²) in [6.45, 7) is 5.50. The molecule has 0 fully saturated rings. The van der Waals surface area contributed by atoms with Gasteiger partial charge in [-0.2, -0.15) is 0 Å². The molecule has 0 aliphatic carbocycles. The summed E-state index contributed by atoms with van der Waals surface area (Å²) >= 11 is 3.42. The van der Waals surface area contributed by atoms with E-state index in [0.29, 0.717) is 6.54 Å². The van der Waals surface area contributed by atoms with Crippen LogP contribution in [0.1, 0.15) is 38.6 Å². The van der Waals surface area contributed by atoms with Crippen molar-refractivity contribution in [3.8, 4) is 0 Å². The standard InChI is InChI=1S/C23H23N3OS2/c1-16-7-10-24-13-22(16)18-8-11-26(12-9-18)23(27)19-3-5-21(6-4-19)29-15-20-14-28-17(2)25-20/h3-8,10,13-14H,9,11-12,15H2,1-2H3. The fourth-order valence-corrected chi connectivity index (χ4v) is 4.92. The van der Waals surface area contributed by atoms with E-state index >= 15 is 0 Å². The van der Waals surface area contributed by atoms with Crippen molar-refractivity contribution in [2.75, 3.05) is 13.1 Å². The Morgan fingerprint density at radius 2 is 2.03 bits per heavy atom. The van der Waals surface area contributed by atoms with Crippen molar-refractivity contribution in [1.82, 2.24) is 14.9 Å². The number of carbonyl (C=O) groups is 1. The van der Waals surface area contributed by atoms with Gasteiger partial charge in [0.2, 0.25) is 0 Å². The van der Waals surface area contributed by atoms with E-state index in [0.717, 1.165) is 39.9 Å². The van der Waals surface area contributed by atoms with Crippen LogP contribution in [0.5, 0.6) is 0 Å². The van der Waals surface area contributed by atoms with Gasteiger partial charge in [0.15, 0.2) is 0 Å². The Hall–Kier alpha value is -2.44. The minimum Gasteiger partial charge on any atom is -0.335 e. The highest BCUT2D eigenvalue weighted by Gasteiger charge is 2.20. The number of aryl methyl sites for hydroxylation is 2. The highest BCUT2D eigenvalue weighted by molar-refractivity contribution is 7.98. The molecule has 1 aliphatic heterocycles. The molecule has 6 heteroatoms. The SMILES string of the molecule is Cc1nc(CSc2ccc(C(=O)N3CC=C(c4cnccc4C)CC3)cc2)cs1. The second-order valence-electron chi connectivity index (χ2n) is 7.09. The molecule has 0 N–H and O–H groups in total. The zero-order valence-electron chi connectivity index (χ0n) is 16.6. The summed E-state index contributed by atoms with van der Waals surface area (Å²) in [5.41, 5.74) is 5.55. The van der Waals surface area contributed by atoms with Gasteiger partial charge in [-0.15, -0.1) is 23.1 Å². The molecule has 148 valence electrons. The number of aromatic nitrogens is 2. The van der Waals surface area contributed by atoms with Crippen molar-refractivity contribution in [2.24, 2.45) is 0 Å². The maximum Gasteiger partial charge on any atom is 0.254 e. The molecule has 0 saturated heterocycles. The minimum atomic E-state index is 0.0925. The topological polar surface area (TPSA) is 46.1 Å². The van der Waals surface area contributed by atoms with Crippen molar-refractivity contribution in [3.63, 3.8) is 0 Å². The molecule has 0 spiro atoms. The number of nitrogens with zero attached hydrogens (tertiary/aromatic N) is 3. The molecule has 1 aliphatic rings. The van der Waals surface area contributed by atoms with Crippen LogP contribution in [0.25, 0.3) is 5.57 Å². The van der Waals surface area contributed by atoms with Crippen LogP contribution in [0, 0.1) is 13.8 Å². The van der Waals surface area contributed by atoms with Crippen molar-refractivity contribution in [1.29, 1.82) is 0 Å². The lowest BCUT2D eigenvalue weighted by atomic mass is 9.97. The number of thiazole rings is 1. The van der Waals surface area contributed by atoms with Crippen LogP contribution in [-0.2, 0) is 5.75 Å². The molecule has 0 unspecified atom stereocenters. The number of carbonyl (C=O) groups excluding carboxylic acids is 1. The van der Waals surface area contributed by atoms with Crippen LogP contribution in [0.15, 0.2) is 59.1 Å². The third-order valence-corrected chi connectivity index (χ3v) is 6.90. The molecule has 0 saturated carbocycles. The molecule has 0 atom stereocenters. The monoisotopic (exact) mass is 421 g/mol. The fraction of sp³-hybridized carbons (Fsp3) is 0.261. The molecule has 29 heavy (non-hydrogen) atoms. The Labute approximate surface area is 179 Å². The molecule has 4 rings (SSSR count). The summed E-state index contributed by atoms with van der Waals surface area (Å²) in [6, 6.07) is 9.95. The Morgan fingerprint density at radius 1 is 1.21 bits per heavy atom. The van der Waals surface area contributed by atoms with Crippen LogP contribution in [-0.4, -0.2) is 33.9 Å². The predicted molar refractivity (Wildman–Crippen MR) is 120 cm³/mol.